The van der Waals surface area contributed by atoms with Crippen molar-refractivity contribution in [1.82, 2.24) is 15.1 Å². The van der Waals surface area contributed by atoms with Crippen molar-refractivity contribution in [3.05, 3.63) is 0 Å². The number of likely N-dealkylation sites (tertiary alicyclic amines) is 2. The van der Waals surface area contributed by atoms with Gasteiger partial charge in [-0.1, -0.05) is 19.8 Å². The first-order valence-corrected chi connectivity index (χ1v) is 8.14. The van der Waals surface area contributed by atoms with Crippen LogP contribution in [0.2, 0.25) is 0 Å². The first-order valence-electron chi connectivity index (χ1n) is 8.14. The zero-order chi connectivity index (χ0) is 15.2. The number of hydrogen-bond acceptors (Lipinski definition) is 3. The predicted molar refractivity (Wildman–Crippen MR) is 80.3 cm³/mol. The fourth-order valence-electron chi connectivity index (χ4n) is 3.29. The van der Waals surface area contributed by atoms with Gasteiger partial charge in [-0.25, -0.2) is 9.59 Å². The van der Waals surface area contributed by atoms with Gasteiger partial charge in [-0.3, -0.25) is 4.90 Å². The molecule has 0 aromatic carbocycles. The molecule has 0 saturated carbocycles. The van der Waals surface area contributed by atoms with Gasteiger partial charge < -0.3 is 15.3 Å². The Morgan fingerprint density at radius 3 is 2.57 bits per heavy atom. The summed E-state index contributed by atoms with van der Waals surface area (Å²) in [6, 6.07) is -0.544. The van der Waals surface area contributed by atoms with E-state index in [4.69, 9.17) is 5.11 Å². The van der Waals surface area contributed by atoms with E-state index < -0.39 is 12.0 Å². The number of nitrogens with zero attached hydrogens (tertiary/aromatic N) is 2. The van der Waals surface area contributed by atoms with Crippen molar-refractivity contribution in [2.75, 3.05) is 26.2 Å². The number of piperidine rings is 1. The van der Waals surface area contributed by atoms with Crippen molar-refractivity contribution in [1.29, 1.82) is 0 Å². The number of urea groups is 1. The van der Waals surface area contributed by atoms with E-state index in [1.165, 1.54) is 19.3 Å². The molecular formula is C15H27N3O3. The van der Waals surface area contributed by atoms with Gasteiger partial charge >= 0.3 is 12.0 Å². The Morgan fingerprint density at radius 1 is 1.24 bits per heavy atom. The number of carbonyl (C=O) groups is 2. The van der Waals surface area contributed by atoms with Crippen LogP contribution in [-0.2, 0) is 4.79 Å². The fourth-order valence-corrected chi connectivity index (χ4v) is 3.29. The van der Waals surface area contributed by atoms with Crippen molar-refractivity contribution in [3.63, 3.8) is 0 Å². The van der Waals surface area contributed by atoms with E-state index in [0.717, 1.165) is 39.0 Å². The van der Waals surface area contributed by atoms with Crippen LogP contribution in [0.4, 0.5) is 4.79 Å². The molecule has 6 heteroatoms. The zero-order valence-corrected chi connectivity index (χ0v) is 12.9. The third kappa shape index (κ3) is 4.33. The lowest BCUT2D eigenvalue weighted by atomic mass is 10.1. The van der Waals surface area contributed by atoms with Crippen molar-refractivity contribution in [2.45, 2.75) is 57.5 Å². The summed E-state index contributed by atoms with van der Waals surface area (Å²) in [5.74, 6) is -0.947. The van der Waals surface area contributed by atoms with Crippen LogP contribution in [0.5, 0.6) is 0 Å². The quantitative estimate of drug-likeness (QED) is 0.807. The molecule has 2 saturated heterocycles. The molecule has 0 radical (unpaired) electrons. The van der Waals surface area contributed by atoms with E-state index in [9.17, 15) is 9.59 Å². The van der Waals surface area contributed by atoms with Gasteiger partial charge in [0, 0.05) is 19.1 Å². The summed E-state index contributed by atoms with van der Waals surface area (Å²) in [6.45, 7) is 5.64. The van der Waals surface area contributed by atoms with Crippen molar-refractivity contribution >= 4 is 12.0 Å². The zero-order valence-electron chi connectivity index (χ0n) is 12.9. The fraction of sp³-hybridized carbons (Fsp3) is 0.867. The second-order valence-electron chi connectivity index (χ2n) is 6.11. The Kier molecular flexibility index (Phi) is 5.85. The molecule has 2 aliphatic rings. The average molecular weight is 297 g/mol. The average Bonchev–Trinajstić information content (AvgIpc) is 2.97. The van der Waals surface area contributed by atoms with E-state index in [-0.39, 0.29) is 6.03 Å². The minimum Gasteiger partial charge on any atom is -0.480 e. The van der Waals surface area contributed by atoms with Gasteiger partial charge in [-0.2, -0.15) is 0 Å². The molecule has 0 spiro atoms. The van der Waals surface area contributed by atoms with Gasteiger partial charge in [0.25, 0.3) is 0 Å². The summed E-state index contributed by atoms with van der Waals surface area (Å²) < 4.78 is 0. The molecule has 0 aromatic rings. The van der Waals surface area contributed by atoms with Gasteiger partial charge in [0.2, 0.25) is 0 Å². The van der Waals surface area contributed by atoms with Crippen molar-refractivity contribution in [3.8, 4) is 0 Å². The first kappa shape index (κ1) is 16.1. The molecule has 2 atom stereocenters. The number of rotatable bonds is 5. The minimum atomic E-state index is -0.947. The first-order chi connectivity index (χ1) is 10.1. The Hall–Kier alpha value is -1.30. The maximum atomic E-state index is 12.2. The van der Waals surface area contributed by atoms with Crippen LogP contribution in [0.1, 0.15) is 45.4 Å². The summed E-state index contributed by atoms with van der Waals surface area (Å²) in [7, 11) is 0. The van der Waals surface area contributed by atoms with E-state index in [1.807, 2.05) is 6.92 Å². The number of carboxylic acids is 1. The Bertz CT molecular complexity index is 369. The van der Waals surface area contributed by atoms with Gasteiger partial charge in [0.05, 0.1) is 0 Å². The molecule has 21 heavy (non-hydrogen) atoms. The van der Waals surface area contributed by atoms with E-state index in [2.05, 4.69) is 10.2 Å². The molecule has 2 N–H and O–H groups in total. The molecule has 0 bridgehead atoms. The second kappa shape index (κ2) is 7.64. The lowest BCUT2D eigenvalue weighted by Crippen LogP contribution is -2.48. The topological polar surface area (TPSA) is 72.9 Å². The van der Waals surface area contributed by atoms with Crippen LogP contribution in [0, 0.1) is 0 Å². The van der Waals surface area contributed by atoms with Crippen LogP contribution in [0.3, 0.4) is 0 Å². The molecule has 2 fully saturated rings. The largest absolute Gasteiger partial charge is 0.480 e. The summed E-state index contributed by atoms with van der Waals surface area (Å²) in [5, 5.41) is 11.8. The SMILES string of the molecule is CCC[C@H](NC(=O)N1CCC(N2CCCCC2)C1)C(=O)O. The van der Waals surface area contributed by atoms with E-state index in [1.54, 1.807) is 4.90 Å². The number of nitrogens with one attached hydrogen (secondary N) is 1. The van der Waals surface area contributed by atoms with E-state index >= 15 is 0 Å². The molecule has 6 nitrogen and oxygen atoms in total. The minimum absolute atomic E-state index is 0.227. The number of carboxylic acid groups (broad SMARTS) is 1. The highest BCUT2D eigenvalue weighted by Crippen LogP contribution is 2.20. The normalized spacial score (nSPS) is 24.8. The lowest BCUT2D eigenvalue weighted by molar-refractivity contribution is -0.139. The predicted octanol–water partition coefficient (Wildman–Crippen LogP) is 1.51. The van der Waals surface area contributed by atoms with Gasteiger partial charge in [0.15, 0.2) is 0 Å². The maximum Gasteiger partial charge on any atom is 0.326 e. The Labute approximate surface area is 126 Å². The summed E-state index contributed by atoms with van der Waals surface area (Å²) >= 11 is 0. The smallest absolute Gasteiger partial charge is 0.326 e. The summed E-state index contributed by atoms with van der Waals surface area (Å²) in [4.78, 5) is 27.6. The third-order valence-electron chi connectivity index (χ3n) is 4.53. The number of hydrogen-bond donors (Lipinski definition) is 2. The Balaban J connectivity index is 1.82. The summed E-state index contributed by atoms with van der Waals surface area (Å²) in [6.07, 6.45) is 6.03. The lowest BCUT2D eigenvalue weighted by Gasteiger charge is -2.32. The van der Waals surface area contributed by atoms with Crippen molar-refractivity contribution < 1.29 is 14.7 Å². The molecule has 2 heterocycles. The van der Waals surface area contributed by atoms with E-state index in [0.29, 0.717) is 12.5 Å². The van der Waals surface area contributed by atoms with Gasteiger partial charge in [0.1, 0.15) is 6.04 Å². The highest BCUT2D eigenvalue weighted by Gasteiger charge is 2.32. The highest BCUT2D eigenvalue weighted by molar-refractivity contribution is 5.82. The monoisotopic (exact) mass is 297 g/mol. The molecule has 1 unspecified atom stereocenters. The summed E-state index contributed by atoms with van der Waals surface area (Å²) in [5.41, 5.74) is 0. The van der Waals surface area contributed by atoms with Crippen LogP contribution in [0.25, 0.3) is 0 Å². The van der Waals surface area contributed by atoms with Crippen LogP contribution in [0.15, 0.2) is 0 Å². The molecular weight excluding hydrogens is 270 g/mol. The molecule has 0 aromatic heterocycles. The second-order valence-corrected chi connectivity index (χ2v) is 6.11. The maximum absolute atomic E-state index is 12.2. The number of amides is 2. The number of carbonyl (C=O) groups excluding carboxylic acids is 1. The van der Waals surface area contributed by atoms with Crippen LogP contribution < -0.4 is 5.32 Å². The van der Waals surface area contributed by atoms with Gasteiger partial charge in [-0.15, -0.1) is 0 Å². The molecule has 120 valence electrons. The molecule has 0 aliphatic carbocycles. The standard InChI is InChI=1S/C15H27N3O3/c1-2-6-13(14(19)20)16-15(21)18-10-7-12(11-18)17-8-4-3-5-9-17/h12-13H,2-11H2,1H3,(H,16,21)(H,19,20)/t12?,13-/m0/s1. The highest BCUT2D eigenvalue weighted by atomic mass is 16.4. The number of aliphatic carboxylic acids is 1. The van der Waals surface area contributed by atoms with Gasteiger partial charge in [-0.05, 0) is 38.8 Å². The third-order valence-corrected chi connectivity index (χ3v) is 4.53. The van der Waals surface area contributed by atoms with Crippen LogP contribution >= 0.6 is 0 Å². The Morgan fingerprint density at radius 2 is 1.95 bits per heavy atom. The molecule has 2 amide bonds. The van der Waals surface area contributed by atoms with Crippen LogP contribution in [-0.4, -0.2) is 65.2 Å². The molecule has 2 rings (SSSR count). The van der Waals surface area contributed by atoms with Crippen molar-refractivity contribution in [2.24, 2.45) is 0 Å². The molecule has 2 aliphatic heterocycles.